The SMILES string of the molecule is COc1ccc(CNC(=O)CCC(=O)O[C@@H]2O[C@H]3O[C@@]4(C)CC[C@H]5[C@@H](C)CC[C@H]([C@H]2C)[C@]35OO4)cc1. The average Bonchev–Trinajstić information content (AvgIpc) is 3.10. The third-order valence-electron chi connectivity index (χ3n) is 8.55. The highest BCUT2D eigenvalue weighted by Gasteiger charge is 2.69. The van der Waals surface area contributed by atoms with Gasteiger partial charge in [-0.15, -0.1) is 0 Å². The molecule has 4 heterocycles. The summed E-state index contributed by atoms with van der Waals surface area (Å²) in [4.78, 5) is 36.9. The van der Waals surface area contributed by atoms with Crippen molar-refractivity contribution in [3.8, 4) is 5.75 Å². The lowest BCUT2D eigenvalue weighted by atomic mass is 9.58. The monoisotopic (exact) mass is 503 g/mol. The van der Waals surface area contributed by atoms with Crippen LogP contribution < -0.4 is 10.1 Å². The van der Waals surface area contributed by atoms with Gasteiger partial charge >= 0.3 is 5.97 Å². The van der Waals surface area contributed by atoms with Crippen molar-refractivity contribution in [2.45, 2.75) is 89.8 Å². The van der Waals surface area contributed by atoms with E-state index in [1.54, 1.807) is 7.11 Å². The Labute approximate surface area is 212 Å². The fourth-order valence-corrected chi connectivity index (χ4v) is 6.44. The molecular formula is C27H37NO8. The zero-order valence-electron chi connectivity index (χ0n) is 21.5. The number of amides is 1. The standard InChI is InChI=1S/C27H37NO8/c1-16-5-10-21-17(2)24(33-25-27(21)20(16)13-14-26(3,34-25)35-36-27)32-23(30)12-11-22(29)28-15-18-6-8-19(31-4)9-7-18/h6-9,16-17,20-21,24-25H,5,10-15H2,1-4H3,(H,28,29)/t16-,17+,20-,21+,24+,25-,26+,27-/m0/s1. The summed E-state index contributed by atoms with van der Waals surface area (Å²) < 4.78 is 23.5. The Bertz CT molecular complexity index is 969. The molecular weight excluding hydrogens is 466 g/mol. The second-order valence-electron chi connectivity index (χ2n) is 10.9. The summed E-state index contributed by atoms with van der Waals surface area (Å²) in [6, 6.07) is 7.45. The number of ether oxygens (including phenoxy) is 4. The maximum Gasteiger partial charge on any atom is 0.308 e. The normalized spacial score (nSPS) is 39.0. The Morgan fingerprint density at radius 3 is 2.58 bits per heavy atom. The van der Waals surface area contributed by atoms with Crippen LogP contribution in [0.2, 0.25) is 0 Å². The third kappa shape index (κ3) is 4.62. The summed E-state index contributed by atoms with van der Waals surface area (Å²) in [7, 11) is 1.61. The van der Waals surface area contributed by atoms with Crippen molar-refractivity contribution in [2.24, 2.45) is 23.7 Å². The minimum Gasteiger partial charge on any atom is -0.497 e. The minimum absolute atomic E-state index is 0.0284. The summed E-state index contributed by atoms with van der Waals surface area (Å²) in [6.45, 7) is 6.53. The van der Waals surface area contributed by atoms with E-state index in [9.17, 15) is 9.59 Å². The van der Waals surface area contributed by atoms with Gasteiger partial charge in [0, 0.05) is 31.2 Å². The average molecular weight is 504 g/mol. The smallest absolute Gasteiger partial charge is 0.308 e. The molecule has 8 atom stereocenters. The molecule has 0 aromatic heterocycles. The lowest BCUT2D eigenvalue weighted by Gasteiger charge is -2.59. The van der Waals surface area contributed by atoms with Crippen molar-refractivity contribution in [2.75, 3.05) is 7.11 Å². The van der Waals surface area contributed by atoms with Crippen LogP contribution in [-0.2, 0) is 40.1 Å². The highest BCUT2D eigenvalue weighted by molar-refractivity contribution is 5.81. The van der Waals surface area contributed by atoms with E-state index in [1.165, 1.54) is 0 Å². The number of fused-ring (bicyclic) bond motifs is 2. The van der Waals surface area contributed by atoms with Crippen LogP contribution in [0.5, 0.6) is 5.75 Å². The number of carbonyl (C=O) groups excluding carboxylic acids is 2. The highest BCUT2D eigenvalue weighted by Crippen LogP contribution is 2.60. The Morgan fingerprint density at radius 1 is 1.06 bits per heavy atom. The van der Waals surface area contributed by atoms with Gasteiger partial charge < -0.3 is 24.3 Å². The molecule has 1 N–H and O–H groups in total. The van der Waals surface area contributed by atoms with Crippen molar-refractivity contribution >= 4 is 11.9 Å². The zero-order valence-corrected chi connectivity index (χ0v) is 21.5. The Kier molecular flexibility index (Phi) is 7.02. The highest BCUT2D eigenvalue weighted by atomic mass is 17.3. The molecule has 1 spiro atoms. The van der Waals surface area contributed by atoms with Gasteiger partial charge in [0.05, 0.1) is 13.5 Å². The molecule has 5 aliphatic rings. The van der Waals surface area contributed by atoms with Gasteiger partial charge in [-0.05, 0) is 55.7 Å². The Morgan fingerprint density at radius 2 is 1.83 bits per heavy atom. The van der Waals surface area contributed by atoms with E-state index in [0.29, 0.717) is 12.5 Å². The van der Waals surface area contributed by atoms with Crippen molar-refractivity contribution in [3.05, 3.63) is 29.8 Å². The molecule has 2 bridgehead atoms. The summed E-state index contributed by atoms with van der Waals surface area (Å²) in [5.41, 5.74) is 0.250. The van der Waals surface area contributed by atoms with Crippen molar-refractivity contribution in [1.29, 1.82) is 0 Å². The van der Waals surface area contributed by atoms with E-state index < -0.39 is 29.9 Å². The number of hydrogen-bond acceptors (Lipinski definition) is 8. The first-order valence-electron chi connectivity index (χ1n) is 13.0. The van der Waals surface area contributed by atoms with Gasteiger partial charge in [-0.1, -0.05) is 26.0 Å². The molecule has 36 heavy (non-hydrogen) atoms. The Balaban J connectivity index is 1.17. The number of esters is 1. The molecule has 1 amide bonds. The van der Waals surface area contributed by atoms with Crippen LogP contribution in [0.15, 0.2) is 24.3 Å². The van der Waals surface area contributed by atoms with E-state index in [-0.39, 0.29) is 36.5 Å². The molecule has 9 nitrogen and oxygen atoms in total. The molecule has 4 aliphatic heterocycles. The second-order valence-corrected chi connectivity index (χ2v) is 10.9. The topological polar surface area (TPSA) is 102 Å². The van der Waals surface area contributed by atoms with Crippen LogP contribution in [0, 0.1) is 23.7 Å². The number of nitrogens with one attached hydrogen (secondary N) is 1. The Hall–Kier alpha value is -2.20. The summed E-state index contributed by atoms with van der Waals surface area (Å²) >= 11 is 0. The van der Waals surface area contributed by atoms with E-state index >= 15 is 0 Å². The first kappa shape index (κ1) is 25.4. The van der Waals surface area contributed by atoms with Gasteiger partial charge in [-0.2, -0.15) is 0 Å². The van der Waals surface area contributed by atoms with E-state index in [2.05, 4.69) is 12.2 Å². The lowest BCUT2D eigenvalue weighted by molar-refractivity contribution is -0.576. The summed E-state index contributed by atoms with van der Waals surface area (Å²) in [6.07, 6.45) is 2.24. The van der Waals surface area contributed by atoms with Gasteiger partial charge in [0.15, 0.2) is 11.9 Å². The molecule has 0 radical (unpaired) electrons. The molecule has 9 heteroatoms. The number of hydrogen-bond donors (Lipinski definition) is 1. The molecule has 5 fully saturated rings. The van der Waals surface area contributed by atoms with E-state index in [4.69, 9.17) is 28.7 Å². The first-order chi connectivity index (χ1) is 17.2. The van der Waals surface area contributed by atoms with E-state index in [0.717, 1.165) is 37.0 Å². The van der Waals surface area contributed by atoms with Gasteiger partial charge in [0.1, 0.15) is 5.75 Å². The largest absolute Gasteiger partial charge is 0.497 e. The van der Waals surface area contributed by atoms with Gasteiger partial charge in [0.25, 0.3) is 0 Å². The molecule has 6 rings (SSSR count). The van der Waals surface area contributed by atoms with E-state index in [1.807, 2.05) is 38.1 Å². The predicted octanol–water partition coefficient (Wildman–Crippen LogP) is 3.84. The molecule has 1 saturated carbocycles. The summed E-state index contributed by atoms with van der Waals surface area (Å²) in [5.74, 6) is -0.122. The quantitative estimate of drug-likeness (QED) is 0.442. The number of benzene rings is 1. The van der Waals surface area contributed by atoms with Crippen molar-refractivity contribution < 1.29 is 38.3 Å². The fraction of sp³-hybridized carbons (Fsp3) is 0.704. The van der Waals surface area contributed by atoms with Crippen LogP contribution in [0.25, 0.3) is 0 Å². The van der Waals surface area contributed by atoms with Crippen LogP contribution in [0.4, 0.5) is 0 Å². The van der Waals surface area contributed by atoms with Gasteiger partial charge in [0.2, 0.25) is 18.0 Å². The second kappa shape index (κ2) is 9.93. The number of methoxy groups -OCH3 is 1. The molecule has 4 saturated heterocycles. The maximum atomic E-state index is 12.7. The van der Waals surface area contributed by atoms with Crippen molar-refractivity contribution in [1.82, 2.24) is 5.32 Å². The van der Waals surface area contributed by atoms with Crippen LogP contribution in [0.3, 0.4) is 0 Å². The first-order valence-corrected chi connectivity index (χ1v) is 13.0. The molecule has 1 aromatic rings. The lowest BCUT2D eigenvalue weighted by Crippen LogP contribution is -2.70. The zero-order chi connectivity index (χ0) is 25.5. The molecule has 0 unspecified atom stereocenters. The van der Waals surface area contributed by atoms with Crippen LogP contribution >= 0.6 is 0 Å². The van der Waals surface area contributed by atoms with Crippen molar-refractivity contribution in [3.63, 3.8) is 0 Å². The molecule has 1 aliphatic carbocycles. The van der Waals surface area contributed by atoms with Crippen LogP contribution in [-0.4, -0.2) is 43.0 Å². The van der Waals surface area contributed by atoms with Gasteiger partial charge in [-0.25, -0.2) is 9.78 Å². The number of carbonyl (C=O) groups is 2. The van der Waals surface area contributed by atoms with Crippen LogP contribution in [0.1, 0.15) is 64.9 Å². The summed E-state index contributed by atoms with van der Waals surface area (Å²) in [5, 5.41) is 2.83. The number of rotatable bonds is 7. The third-order valence-corrected chi connectivity index (χ3v) is 8.55. The maximum absolute atomic E-state index is 12.7. The molecule has 1 aromatic carbocycles. The predicted molar refractivity (Wildman–Crippen MR) is 127 cm³/mol. The fourth-order valence-electron chi connectivity index (χ4n) is 6.44. The molecule has 198 valence electrons. The van der Waals surface area contributed by atoms with Gasteiger partial charge in [-0.3, -0.25) is 9.59 Å². The minimum atomic E-state index is -0.880.